The zero-order valence-corrected chi connectivity index (χ0v) is 29.8. The van der Waals surface area contributed by atoms with Crippen LogP contribution in [0.15, 0.2) is 158 Å². The van der Waals surface area contributed by atoms with Crippen LogP contribution in [0.5, 0.6) is 5.75 Å². The number of imidazole rings is 1. The van der Waals surface area contributed by atoms with Gasteiger partial charge in [-0.25, -0.2) is 9.78 Å². The van der Waals surface area contributed by atoms with E-state index in [1.807, 2.05) is 146 Å². The maximum Gasteiger partial charge on any atom is 0.411 e. The third-order valence-electron chi connectivity index (χ3n) is 8.94. The highest BCUT2D eigenvalue weighted by atomic mass is 16.6. The summed E-state index contributed by atoms with van der Waals surface area (Å²) >= 11 is 0. The minimum Gasteiger partial charge on any atom is -0.489 e. The van der Waals surface area contributed by atoms with Crippen LogP contribution >= 0.6 is 0 Å². The number of carbonyl (C=O) groups excluding carboxylic acids is 3. The molecule has 6 aromatic rings. The molecule has 0 bridgehead atoms. The predicted molar refractivity (Wildman–Crippen MR) is 206 cm³/mol. The molecule has 0 aliphatic carbocycles. The predicted octanol–water partition coefficient (Wildman–Crippen LogP) is 6.80. The van der Waals surface area contributed by atoms with Crippen molar-refractivity contribution in [2.75, 3.05) is 13.1 Å². The molecular weight excluding hydrogens is 679 g/mol. The van der Waals surface area contributed by atoms with Crippen molar-refractivity contribution in [1.82, 2.24) is 25.5 Å². The number of hydrogen-bond acceptors (Lipinski definition) is 6. The molecule has 1 unspecified atom stereocenters. The van der Waals surface area contributed by atoms with Gasteiger partial charge in [0.05, 0.1) is 12.9 Å². The Kier molecular flexibility index (Phi) is 13.2. The van der Waals surface area contributed by atoms with E-state index in [1.54, 1.807) is 6.20 Å². The lowest BCUT2D eigenvalue weighted by atomic mass is 9.91. The van der Waals surface area contributed by atoms with Crippen molar-refractivity contribution in [2.45, 2.75) is 38.1 Å². The molecule has 0 radical (unpaired) electrons. The highest BCUT2D eigenvalue weighted by Crippen LogP contribution is 2.24. The van der Waals surface area contributed by atoms with Crippen molar-refractivity contribution in [1.29, 1.82) is 0 Å². The van der Waals surface area contributed by atoms with Gasteiger partial charge in [-0.3, -0.25) is 14.5 Å². The Morgan fingerprint density at radius 3 is 1.81 bits per heavy atom. The third kappa shape index (κ3) is 10.9. The van der Waals surface area contributed by atoms with E-state index in [-0.39, 0.29) is 37.9 Å². The summed E-state index contributed by atoms with van der Waals surface area (Å²) in [5.74, 6) is -0.280. The number of aromatic nitrogens is 2. The van der Waals surface area contributed by atoms with Crippen LogP contribution in [0.4, 0.5) is 4.79 Å². The second-order valence-corrected chi connectivity index (χ2v) is 12.8. The number of aromatic amines is 1. The standard InChI is InChI=1S/C44H43N5O5/c50-42(46-27-40(36-17-9-3-10-18-36)37-19-11-4-12-20-37)28-47-43(51)41(25-38-26-45-32-48-38)49(44(52)54-31-35-15-7-2-8-16-35)29-33-21-23-39(24-22-33)53-30-34-13-5-1-6-14-34/h1-24,26,32,40-41H,25,27-31H2,(H,45,48)(H,46,50)(H,47,51). The van der Waals surface area contributed by atoms with Gasteiger partial charge < -0.3 is 25.1 Å². The zero-order valence-electron chi connectivity index (χ0n) is 29.8. The average Bonchev–Trinajstić information content (AvgIpc) is 3.75. The molecule has 1 heterocycles. The van der Waals surface area contributed by atoms with Crippen LogP contribution in [0.2, 0.25) is 0 Å². The molecule has 0 aliphatic rings. The van der Waals surface area contributed by atoms with E-state index in [2.05, 4.69) is 20.6 Å². The maximum absolute atomic E-state index is 14.0. The van der Waals surface area contributed by atoms with Crippen LogP contribution in [0, 0.1) is 0 Å². The summed E-state index contributed by atoms with van der Waals surface area (Å²) in [5, 5.41) is 5.77. The van der Waals surface area contributed by atoms with Gasteiger partial charge in [-0.15, -0.1) is 0 Å². The Labute approximate surface area is 315 Å². The van der Waals surface area contributed by atoms with E-state index < -0.39 is 18.0 Å². The molecule has 3 amide bonds. The summed E-state index contributed by atoms with van der Waals surface area (Å²) in [4.78, 5) is 49.7. The fourth-order valence-electron chi connectivity index (χ4n) is 6.04. The Morgan fingerprint density at radius 2 is 1.24 bits per heavy atom. The van der Waals surface area contributed by atoms with Crippen LogP contribution < -0.4 is 15.4 Å². The molecular formula is C44H43N5O5. The van der Waals surface area contributed by atoms with Crippen molar-refractivity contribution < 1.29 is 23.9 Å². The number of H-pyrrole nitrogens is 1. The minimum atomic E-state index is -1.04. The van der Waals surface area contributed by atoms with E-state index >= 15 is 0 Å². The summed E-state index contributed by atoms with van der Waals surface area (Å²) in [6, 6.07) is 45.4. The van der Waals surface area contributed by atoms with Crippen molar-refractivity contribution >= 4 is 17.9 Å². The Bertz CT molecular complexity index is 1990. The highest BCUT2D eigenvalue weighted by Gasteiger charge is 2.32. The number of ether oxygens (including phenoxy) is 2. The monoisotopic (exact) mass is 721 g/mol. The van der Waals surface area contributed by atoms with Gasteiger partial charge in [0.25, 0.3) is 0 Å². The lowest BCUT2D eigenvalue weighted by Gasteiger charge is -2.30. The first-order chi connectivity index (χ1) is 26.5. The first-order valence-electron chi connectivity index (χ1n) is 17.9. The molecule has 0 saturated carbocycles. The number of nitrogens with one attached hydrogen (secondary N) is 3. The van der Waals surface area contributed by atoms with Gasteiger partial charge in [0.15, 0.2) is 0 Å². The third-order valence-corrected chi connectivity index (χ3v) is 8.94. The fraction of sp³-hybridized carbons (Fsp3) is 0.182. The number of nitrogens with zero attached hydrogens (tertiary/aromatic N) is 2. The van der Waals surface area contributed by atoms with Crippen molar-refractivity contribution in [3.63, 3.8) is 0 Å². The summed E-state index contributed by atoms with van der Waals surface area (Å²) in [6.45, 7) is 0.545. The first-order valence-corrected chi connectivity index (χ1v) is 17.9. The molecule has 0 aliphatic heterocycles. The molecule has 1 aromatic heterocycles. The summed E-state index contributed by atoms with van der Waals surface area (Å²) in [7, 11) is 0. The number of benzene rings is 5. The second-order valence-electron chi connectivity index (χ2n) is 12.8. The maximum atomic E-state index is 14.0. The molecule has 54 heavy (non-hydrogen) atoms. The van der Waals surface area contributed by atoms with Gasteiger partial charge in [-0.1, -0.05) is 133 Å². The number of hydrogen-bond donors (Lipinski definition) is 3. The van der Waals surface area contributed by atoms with Crippen LogP contribution in [0.1, 0.15) is 39.4 Å². The molecule has 10 nitrogen and oxygen atoms in total. The smallest absolute Gasteiger partial charge is 0.411 e. The van der Waals surface area contributed by atoms with Crippen molar-refractivity contribution in [3.8, 4) is 5.75 Å². The van der Waals surface area contributed by atoms with Gasteiger partial charge >= 0.3 is 6.09 Å². The molecule has 0 spiro atoms. The number of amides is 3. The van der Waals surface area contributed by atoms with E-state index in [1.165, 1.54) is 11.2 Å². The lowest BCUT2D eigenvalue weighted by Crippen LogP contribution is -2.52. The Hall–Kier alpha value is -6.68. The summed E-state index contributed by atoms with van der Waals surface area (Å²) in [5.41, 5.74) is 5.37. The Morgan fingerprint density at radius 1 is 0.667 bits per heavy atom. The van der Waals surface area contributed by atoms with Crippen molar-refractivity contribution in [3.05, 3.63) is 192 Å². The van der Waals surface area contributed by atoms with Gasteiger partial charge in [-0.2, -0.15) is 0 Å². The molecule has 6 rings (SSSR count). The molecule has 0 saturated heterocycles. The summed E-state index contributed by atoms with van der Waals surface area (Å²) in [6.07, 6.45) is 2.55. The normalized spacial score (nSPS) is 11.4. The molecule has 10 heteroatoms. The summed E-state index contributed by atoms with van der Waals surface area (Å²) < 4.78 is 11.7. The van der Waals surface area contributed by atoms with E-state index in [4.69, 9.17) is 9.47 Å². The number of rotatable bonds is 17. The number of carbonyl (C=O) groups is 3. The average molecular weight is 722 g/mol. The fourth-order valence-corrected chi connectivity index (χ4v) is 6.04. The van der Waals surface area contributed by atoms with Gasteiger partial charge in [-0.05, 0) is 39.9 Å². The minimum absolute atomic E-state index is 0.0211. The SMILES string of the molecule is O=C(CNC(=O)C(Cc1cnc[nH]1)N(Cc1ccc(OCc2ccccc2)cc1)C(=O)OCc1ccccc1)NCC(c1ccccc1)c1ccccc1. The van der Waals surface area contributed by atoms with E-state index in [0.29, 0.717) is 24.6 Å². The largest absolute Gasteiger partial charge is 0.489 e. The van der Waals surface area contributed by atoms with Crippen LogP contribution in [0.25, 0.3) is 0 Å². The molecule has 1 atom stereocenters. The quantitative estimate of drug-likeness (QED) is 0.0952. The highest BCUT2D eigenvalue weighted by molar-refractivity contribution is 5.89. The second kappa shape index (κ2) is 19.2. The molecule has 5 aromatic carbocycles. The van der Waals surface area contributed by atoms with Crippen molar-refractivity contribution in [2.24, 2.45) is 0 Å². The van der Waals surface area contributed by atoms with Crippen LogP contribution in [-0.2, 0) is 40.5 Å². The van der Waals surface area contributed by atoms with E-state index in [0.717, 1.165) is 27.8 Å². The Balaban J connectivity index is 1.16. The molecule has 0 fully saturated rings. The van der Waals surface area contributed by atoms with Crippen LogP contribution in [0.3, 0.4) is 0 Å². The van der Waals surface area contributed by atoms with E-state index in [9.17, 15) is 14.4 Å². The topological polar surface area (TPSA) is 126 Å². The van der Waals surface area contributed by atoms with Gasteiger partial charge in [0, 0.05) is 37.3 Å². The zero-order chi connectivity index (χ0) is 37.4. The first kappa shape index (κ1) is 37.1. The van der Waals surface area contributed by atoms with Gasteiger partial charge in [0.1, 0.15) is 25.0 Å². The lowest BCUT2D eigenvalue weighted by molar-refractivity contribution is -0.129. The van der Waals surface area contributed by atoms with Gasteiger partial charge in [0.2, 0.25) is 11.8 Å². The molecule has 274 valence electrons. The molecule has 3 N–H and O–H groups in total. The van der Waals surface area contributed by atoms with Crippen LogP contribution in [-0.4, -0.2) is 51.9 Å².